The Morgan fingerprint density at radius 2 is 2.10 bits per heavy atom. The van der Waals surface area contributed by atoms with Gasteiger partial charge in [0.15, 0.2) is 4.77 Å². The van der Waals surface area contributed by atoms with Gasteiger partial charge in [0.25, 0.3) is 0 Å². The summed E-state index contributed by atoms with van der Waals surface area (Å²) in [6.07, 6.45) is 0.916. The average molecular weight is 289 g/mol. The summed E-state index contributed by atoms with van der Waals surface area (Å²) in [6, 6.07) is 5.74. The summed E-state index contributed by atoms with van der Waals surface area (Å²) in [4.78, 5) is 7.49. The molecule has 1 aliphatic rings. The molecule has 0 saturated carbocycles. The third-order valence-corrected chi connectivity index (χ3v) is 3.57. The number of aromatic amines is 1. The first-order valence-electron chi connectivity index (χ1n) is 6.32. The zero-order valence-electron chi connectivity index (χ0n) is 11.3. The molecule has 0 unspecified atom stereocenters. The van der Waals surface area contributed by atoms with Crippen molar-refractivity contribution in [2.75, 3.05) is 26.1 Å². The molecule has 0 saturated heterocycles. The van der Waals surface area contributed by atoms with Crippen LogP contribution in [0, 0.1) is 4.77 Å². The lowest BCUT2D eigenvalue weighted by Gasteiger charge is -2.13. The fourth-order valence-corrected chi connectivity index (χ4v) is 2.62. The van der Waals surface area contributed by atoms with Crippen molar-refractivity contribution < 1.29 is 9.47 Å². The number of nitrogens with one attached hydrogen (secondary N) is 2. The van der Waals surface area contributed by atoms with Crippen LogP contribution >= 0.6 is 12.2 Å². The fraction of sp³-hybridized carbons (Fsp3) is 0.286. The quantitative estimate of drug-likeness (QED) is 0.851. The molecule has 2 N–H and O–H groups in total. The highest BCUT2D eigenvalue weighted by Crippen LogP contribution is 2.37. The third-order valence-electron chi connectivity index (χ3n) is 3.38. The number of nitrogens with zero attached hydrogens (tertiary/aromatic N) is 1. The van der Waals surface area contributed by atoms with E-state index >= 15 is 0 Å². The molecular weight excluding hydrogens is 274 g/mol. The zero-order chi connectivity index (χ0) is 14.1. The third kappa shape index (κ3) is 2.12. The normalized spacial score (nSPS) is 12.7. The molecule has 1 aromatic heterocycles. The number of aromatic nitrogens is 2. The second kappa shape index (κ2) is 5.13. The van der Waals surface area contributed by atoms with E-state index in [9.17, 15) is 0 Å². The van der Waals surface area contributed by atoms with Gasteiger partial charge in [-0.1, -0.05) is 0 Å². The van der Waals surface area contributed by atoms with Gasteiger partial charge in [0.1, 0.15) is 17.3 Å². The van der Waals surface area contributed by atoms with E-state index in [1.54, 1.807) is 14.2 Å². The van der Waals surface area contributed by atoms with Crippen LogP contribution in [0.15, 0.2) is 18.2 Å². The molecule has 0 atom stereocenters. The molecule has 0 bridgehead atoms. The summed E-state index contributed by atoms with van der Waals surface area (Å²) < 4.78 is 11.2. The molecule has 1 aliphatic heterocycles. The highest BCUT2D eigenvalue weighted by atomic mass is 32.1. The molecule has 2 heterocycles. The van der Waals surface area contributed by atoms with Gasteiger partial charge in [-0.05, 0) is 30.8 Å². The number of hydrogen-bond acceptors (Lipinski definition) is 5. The maximum atomic E-state index is 5.47. The lowest BCUT2D eigenvalue weighted by Crippen LogP contribution is -1.98. The van der Waals surface area contributed by atoms with E-state index in [1.807, 2.05) is 18.2 Å². The fourth-order valence-electron chi connectivity index (χ4n) is 2.43. The molecule has 20 heavy (non-hydrogen) atoms. The summed E-state index contributed by atoms with van der Waals surface area (Å²) in [5.41, 5.74) is 3.06. The van der Waals surface area contributed by atoms with E-state index in [-0.39, 0.29) is 0 Å². The number of ether oxygens (including phenoxy) is 2. The van der Waals surface area contributed by atoms with Gasteiger partial charge in [0, 0.05) is 23.7 Å². The van der Waals surface area contributed by atoms with Crippen LogP contribution in [-0.4, -0.2) is 30.7 Å². The molecule has 0 fully saturated rings. The number of hydrogen-bond donors (Lipinski definition) is 2. The zero-order valence-corrected chi connectivity index (χ0v) is 12.1. The Morgan fingerprint density at radius 1 is 1.25 bits per heavy atom. The van der Waals surface area contributed by atoms with Gasteiger partial charge in [0.05, 0.1) is 19.9 Å². The summed E-state index contributed by atoms with van der Waals surface area (Å²) >= 11 is 5.20. The minimum atomic E-state index is 0.464. The molecule has 5 nitrogen and oxygen atoms in total. The van der Waals surface area contributed by atoms with Crippen LogP contribution in [0.25, 0.3) is 11.3 Å². The number of anilines is 1. The topological polar surface area (TPSA) is 59.2 Å². The molecule has 2 aromatic rings. The van der Waals surface area contributed by atoms with E-state index in [1.165, 1.54) is 0 Å². The predicted molar refractivity (Wildman–Crippen MR) is 80.2 cm³/mol. The largest absolute Gasteiger partial charge is 0.497 e. The maximum absolute atomic E-state index is 5.47. The van der Waals surface area contributed by atoms with Crippen molar-refractivity contribution in [2.24, 2.45) is 0 Å². The SMILES string of the molecule is COc1ccc(-c2[nH]c(=S)nc3c2CCN3)c(OC)c1. The Balaban J connectivity index is 2.21. The minimum Gasteiger partial charge on any atom is -0.497 e. The maximum Gasteiger partial charge on any atom is 0.199 e. The standard InChI is InChI=1S/C14H15N3O2S/c1-18-8-3-4-9(11(7-8)19-2)12-10-5-6-15-13(10)17-14(20)16-12/h3-4,7H,5-6H2,1-2H3,(H2,15,16,17,20). The molecule has 104 valence electrons. The van der Waals surface area contributed by atoms with Gasteiger partial charge in [-0.15, -0.1) is 0 Å². The highest BCUT2D eigenvalue weighted by Gasteiger charge is 2.20. The van der Waals surface area contributed by atoms with Crippen molar-refractivity contribution in [1.29, 1.82) is 0 Å². The monoisotopic (exact) mass is 289 g/mol. The van der Waals surface area contributed by atoms with Crippen molar-refractivity contribution in [1.82, 2.24) is 9.97 Å². The van der Waals surface area contributed by atoms with E-state index in [0.717, 1.165) is 47.1 Å². The smallest absolute Gasteiger partial charge is 0.199 e. The minimum absolute atomic E-state index is 0.464. The number of fused-ring (bicyclic) bond motifs is 1. The Hall–Kier alpha value is -2.08. The highest BCUT2D eigenvalue weighted by molar-refractivity contribution is 7.71. The van der Waals surface area contributed by atoms with Crippen molar-refractivity contribution in [3.8, 4) is 22.8 Å². The summed E-state index contributed by atoms with van der Waals surface area (Å²) in [6.45, 7) is 0.875. The molecule has 0 amide bonds. The number of rotatable bonds is 3. The molecule has 3 rings (SSSR count). The van der Waals surface area contributed by atoms with E-state index in [2.05, 4.69) is 15.3 Å². The van der Waals surface area contributed by atoms with Crippen LogP contribution < -0.4 is 14.8 Å². The number of H-pyrrole nitrogens is 1. The van der Waals surface area contributed by atoms with Crippen LogP contribution in [0.4, 0.5) is 5.82 Å². The van der Waals surface area contributed by atoms with Crippen molar-refractivity contribution in [3.63, 3.8) is 0 Å². The molecule has 6 heteroatoms. The second-order valence-electron chi connectivity index (χ2n) is 4.49. The van der Waals surface area contributed by atoms with Gasteiger partial charge >= 0.3 is 0 Å². The lowest BCUT2D eigenvalue weighted by molar-refractivity contribution is 0.395. The first-order chi connectivity index (χ1) is 9.72. The summed E-state index contributed by atoms with van der Waals surface area (Å²) in [7, 11) is 3.28. The molecule has 0 radical (unpaired) electrons. The van der Waals surface area contributed by atoms with Crippen LogP contribution in [0.3, 0.4) is 0 Å². The molecule has 0 spiro atoms. The molecular formula is C14H15N3O2S. The van der Waals surface area contributed by atoms with Gasteiger partial charge in [-0.25, -0.2) is 4.98 Å². The first kappa shape index (κ1) is 12.9. The Kier molecular flexibility index (Phi) is 3.31. The molecule has 0 aliphatic carbocycles. The van der Waals surface area contributed by atoms with E-state index < -0.39 is 0 Å². The van der Waals surface area contributed by atoms with Crippen LogP contribution in [0.2, 0.25) is 0 Å². The molecule has 1 aromatic carbocycles. The van der Waals surface area contributed by atoms with E-state index in [4.69, 9.17) is 21.7 Å². The van der Waals surface area contributed by atoms with Crippen LogP contribution in [0.1, 0.15) is 5.56 Å². The lowest BCUT2D eigenvalue weighted by atomic mass is 10.0. The van der Waals surface area contributed by atoms with Gasteiger partial charge in [-0.3, -0.25) is 0 Å². The Morgan fingerprint density at radius 3 is 2.85 bits per heavy atom. The summed E-state index contributed by atoms with van der Waals surface area (Å²) in [5, 5.41) is 3.25. The Labute approximate surface area is 122 Å². The van der Waals surface area contributed by atoms with Crippen molar-refractivity contribution in [3.05, 3.63) is 28.5 Å². The van der Waals surface area contributed by atoms with Crippen molar-refractivity contribution in [2.45, 2.75) is 6.42 Å². The van der Waals surface area contributed by atoms with Gasteiger partial charge in [0.2, 0.25) is 0 Å². The average Bonchev–Trinajstić information content (AvgIpc) is 2.93. The number of methoxy groups -OCH3 is 2. The van der Waals surface area contributed by atoms with Gasteiger partial charge < -0.3 is 19.8 Å². The first-order valence-corrected chi connectivity index (χ1v) is 6.73. The summed E-state index contributed by atoms with van der Waals surface area (Å²) in [5.74, 6) is 2.37. The second-order valence-corrected chi connectivity index (χ2v) is 4.87. The Bertz CT molecular complexity index is 712. The number of benzene rings is 1. The van der Waals surface area contributed by atoms with Crippen molar-refractivity contribution >= 4 is 18.0 Å². The van der Waals surface area contributed by atoms with Gasteiger partial charge in [-0.2, -0.15) is 0 Å². The predicted octanol–water partition coefficient (Wildman–Crippen LogP) is 2.79. The van der Waals surface area contributed by atoms with Crippen LogP contribution in [-0.2, 0) is 6.42 Å². The van der Waals surface area contributed by atoms with Crippen LogP contribution in [0.5, 0.6) is 11.5 Å². The van der Waals surface area contributed by atoms with E-state index in [0.29, 0.717) is 4.77 Å².